The van der Waals surface area contributed by atoms with Crippen molar-refractivity contribution in [1.82, 2.24) is 0 Å². The molecule has 1 aliphatic rings. The molecule has 0 unspecified atom stereocenters. The Kier molecular flexibility index (Phi) is 6.47. The van der Waals surface area contributed by atoms with Crippen LogP contribution in [0, 0.1) is 22.7 Å². The maximum atomic E-state index is 12.5. The summed E-state index contributed by atoms with van der Waals surface area (Å²) in [5.41, 5.74) is 2.32. The molecule has 6 nitrogen and oxygen atoms in total. The van der Waals surface area contributed by atoms with Gasteiger partial charge >= 0.3 is 0 Å². The summed E-state index contributed by atoms with van der Waals surface area (Å²) in [6, 6.07) is 7.00. The monoisotopic (exact) mass is 426 g/mol. The summed E-state index contributed by atoms with van der Waals surface area (Å²) in [6.45, 7) is 6.51. The summed E-state index contributed by atoms with van der Waals surface area (Å²) < 4.78 is 10.8. The number of nitrogens with zero attached hydrogens (tertiary/aromatic N) is 1. The van der Waals surface area contributed by atoms with Crippen molar-refractivity contribution in [3.63, 3.8) is 0 Å². The first-order valence-electron chi connectivity index (χ1n) is 9.87. The first-order valence-corrected chi connectivity index (χ1v) is 10.7. The van der Waals surface area contributed by atoms with E-state index in [1.54, 1.807) is 18.2 Å². The molecule has 0 bridgehead atoms. The maximum absolute atomic E-state index is 12.5. The molecule has 0 aliphatic heterocycles. The van der Waals surface area contributed by atoms with Crippen molar-refractivity contribution in [2.75, 3.05) is 19.0 Å². The highest BCUT2D eigenvalue weighted by molar-refractivity contribution is 7.16. The highest BCUT2D eigenvalue weighted by Gasteiger charge is 2.32. The molecule has 1 N–H and O–H groups in total. The van der Waals surface area contributed by atoms with Crippen LogP contribution in [0.1, 0.15) is 53.6 Å². The number of amides is 1. The Hall–Kier alpha value is -2.85. The number of carbonyl (C=O) groups is 2. The number of nitrogens with one attached hydrogen (secondary N) is 1. The van der Waals surface area contributed by atoms with E-state index in [1.807, 2.05) is 0 Å². The van der Waals surface area contributed by atoms with Gasteiger partial charge in [0.2, 0.25) is 0 Å². The second-order valence-corrected chi connectivity index (χ2v) is 9.60. The molecule has 0 saturated carbocycles. The summed E-state index contributed by atoms with van der Waals surface area (Å²) in [4.78, 5) is 24.6. The third-order valence-electron chi connectivity index (χ3n) is 5.54. The van der Waals surface area contributed by atoms with Crippen LogP contribution < -0.4 is 14.8 Å². The van der Waals surface area contributed by atoms with Crippen LogP contribution in [0.2, 0.25) is 0 Å². The van der Waals surface area contributed by atoms with Gasteiger partial charge in [0, 0.05) is 10.4 Å². The van der Waals surface area contributed by atoms with Gasteiger partial charge in [-0.15, -0.1) is 11.3 Å². The number of benzene rings is 1. The molecule has 1 aromatic heterocycles. The molecule has 1 atom stereocenters. The number of ether oxygens (including phenoxy) is 2. The zero-order chi connectivity index (χ0) is 21.9. The highest BCUT2D eigenvalue weighted by Crippen LogP contribution is 2.44. The molecule has 7 heteroatoms. The van der Waals surface area contributed by atoms with Crippen LogP contribution in [0.4, 0.5) is 5.00 Å². The lowest BCUT2D eigenvalue weighted by Gasteiger charge is -2.33. The van der Waals surface area contributed by atoms with Gasteiger partial charge in [0.05, 0.1) is 12.7 Å². The smallest absolute Gasteiger partial charge is 0.262 e. The first-order chi connectivity index (χ1) is 14.3. The van der Waals surface area contributed by atoms with Crippen LogP contribution in [0.15, 0.2) is 18.2 Å². The van der Waals surface area contributed by atoms with Gasteiger partial charge in [0.15, 0.2) is 18.1 Å². The first kappa shape index (κ1) is 21.8. The van der Waals surface area contributed by atoms with E-state index in [0.717, 1.165) is 24.8 Å². The van der Waals surface area contributed by atoms with E-state index in [4.69, 9.17) is 9.47 Å². The van der Waals surface area contributed by atoms with Gasteiger partial charge in [-0.25, -0.2) is 0 Å². The van der Waals surface area contributed by atoms with Gasteiger partial charge in [0.1, 0.15) is 17.4 Å². The summed E-state index contributed by atoms with van der Waals surface area (Å²) in [7, 11) is 1.47. The molecule has 3 rings (SSSR count). The fourth-order valence-corrected chi connectivity index (χ4v) is 5.01. The van der Waals surface area contributed by atoms with Crippen LogP contribution in [0.5, 0.6) is 11.5 Å². The topological polar surface area (TPSA) is 88.4 Å². The van der Waals surface area contributed by atoms with Gasteiger partial charge in [-0.3, -0.25) is 9.59 Å². The Morgan fingerprint density at radius 2 is 2.13 bits per heavy atom. The Balaban J connectivity index is 1.70. The van der Waals surface area contributed by atoms with Crippen molar-refractivity contribution in [2.24, 2.45) is 11.3 Å². The minimum atomic E-state index is -0.348. The summed E-state index contributed by atoms with van der Waals surface area (Å²) in [5.74, 6) is 0.963. The summed E-state index contributed by atoms with van der Waals surface area (Å²) in [5, 5.41) is 13.1. The van der Waals surface area contributed by atoms with E-state index in [2.05, 4.69) is 32.2 Å². The van der Waals surface area contributed by atoms with E-state index in [1.165, 1.54) is 23.3 Å². The lowest BCUT2D eigenvalue weighted by atomic mass is 9.72. The fraction of sp³-hybridized carbons (Fsp3) is 0.435. The number of anilines is 1. The molecule has 1 amide bonds. The van der Waals surface area contributed by atoms with Gasteiger partial charge in [-0.2, -0.15) is 5.26 Å². The fourth-order valence-electron chi connectivity index (χ4n) is 3.71. The third kappa shape index (κ3) is 4.65. The summed E-state index contributed by atoms with van der Waals surface area (Å²) in [6.07, 6.45) is 3.56. The van der Waals surface area contributed by atoms with Crippen LogP contribution in [0.25, 0.3) is 0 Å². The number of methoxy groups -OCH3 is 1. The molecule has 2 aromatic rings. The van der Waals surface area contributed by atoms with E-state index < -0.39 is 0 Å². The highest BCUT2D eigenvalue weighted by atomic mass is 32.1. The molecule has 1 aliphatic carbocycles. The number of fused-ring (bicyclic) bond motifs is 1. The number of carbonyl (C=O) groups excluding carboxylic acids is 2. The summed E-state index contributed by atoms with van der Waals surface area (Å²) >= 11 is 1.50. The lowest BCUT2D eigenvalue weighted by molar-refractivity contribution is -0.118. The van der Waals surface area contributed by atoms with Crippen molar-refractivity contribution >= 4 is 28.5 Å². The number of hydrogen-bond donors (Lipinski definition) is 1. The Labute approximate surface area is 180 Å². The zero-order valence-electron chi connectivity index (χ0n) is 17.7. The number of nitriles is 1. The van der Waals surface area contributed by atoms with Crippen molar-refractivity contribution in [2.45, 2.75) is 40.0 Å². The Morgan fingerprint density at radius 3 is 2.77 bits per heavy atom. The molecule has 1 aromatic carbocycles. The second kappa shape index (κ2) is 8.88. The predicted molar refractivity (Wildman–Crippen MR) is 117 cm³/mol. The van der Waals surface area contributed by atoms with Gasteiger partial charge < -0.3 is 14.8 Å². The Bertz CT molecular complexity index is 998. The van der Waals surface area contributed by atoms with E-state index in [9.17, 15) is 14.9 Å². The van der Waals surface area contributed by atoms with E-state index >= 15 is 0 Å². The Morgan fingerprint density at radius 1 is 1.37 bits per heavy atom. The average Bonchev–Trinajstić information content (AvgIpc) is 3.07. The number of rotatable bonds is 6. The molecule has 1 heterocycles. The van der Waals surface area contributed by atoms with Crippen molar-refractivity contribution < 1.29 is 19.1 Å². The molecular weight excluding hydrogens is 400 g/mol. The number of hydrogen-bond acceptors (Lipinski definition) is 6. The second-order valence-electron chi connectivity index (χ2n) is 8.49. The maximum Gasteiger partial charge on any atom is 0.262 e. The van der Waals surface area contributed by atoms with Crippen molar-refractivity contribution in [1.29, 1.82) is 5.26 Å². The van der Waals surface area contributed by atoms with Crippen LogP contribution >= 0.6 is 11.3 Å². The quantitative estimate of drug-likeness (QED) is 0.682. The lowest BCUT2D eigenvalue weighted by Crippen LogP contribution is -2.26. The van der Waals surface area contributed by atoms with E-state index in [0.29, 0.717) is 39.8 Å². The van der Waals surface area contributed by atoms with E-state index in [-0.39, 0.29) is 17.9 Å². The van der Waals surface area contributed by atoms with Crippen LogP contribution in [-0.2, 0) is 17.6 Å². The molecule has 158 valence electrons. The van der Waals surface area contributed by atoms with Crippen molar-refractivity contribution in [3.05, 3.63) is 39.8 Å². The SMILES string of the molecule is COc1cc(C=O)ccc1OCC(=O)Nc1sc2c(c1C#N)CC[C@H](C(C)(C)C)C2. The third-order valence-corrected chi connectivity index (χ3v) is 6.71. The molecule has 30 heavy (non-hydrogen) atoms. The average molecular weight is 427 g/mol. The van der Waals surface area contributed by atoms with Crippen LogP contribution in [0.3, 0.4) is 0 Å². The number of aldehydes is 1. The minimum absolute atomic E-state index is 0.212. The number of thiophene rings is 1. The largest absolute Gasteiger partial charge is 0.493 e. The zero-order valence-corrected chi connectivity index (χ0v) is 18.5. The molecule has 0 fully saturated rings. The molecular formula is C23H26N2O4S. The standard InChI is InChI=1S/C23H26N2O4S/c1-23(2,3)15-6-7-16-17(11-24)22(30-20(16)10-15)25-21(27)13-29-18-8-5-14(12-26)9-19(18)28-4/h5,8-9,12,15H,6-7,10,13H2,1-4H3,(H,25,27)/t15-/m0/s1. The molecule has 0 radical (unpaired) electrons. The van der Waals surface area contributed by atoms with Gasteiger partial charge in [-0.1, -0.05) is 20.8 Å². The predicted octanol–water partition coefficient (Wildman–Crippen LogP) is 4.61. The van der Waals surface area contributed by atoms with Crippen molar-refractivity contribution in [3.8, 4) is 17.6 Å². The van der Waals surface area contributed by atoms with Gasteiger partial charge in [0.25, 0.3) is 5.91 Å². The molecule has 0 saturated heterocycles. The van der Waals surface area contributed by atoms with Gasteiger partial charge in [-0.05, 0) is 54.4 Å². The minimum Gasteiger partial charge on any atom is -0.493 e. The van der Waals surface area contributed by atoms with Crippen LogP contribution in [-0.4, -0.2) is 25.9 Å². The normalized spacial score (nSPS) is 15.6. The molecule has 0 spiro atoms.